The Balaban J connectivity index is 2.17. The second kappa shape index (κ2) is 5.09. The average molecular weight is 324 g/mol. The maximum atomic E-state index is 12.3. The summed E-state index contributed by atoms with van der Waals surface area (Å²) in [6.07, 6.45) is -2.43. The van der Waals surface area contributed by atoms with E-state index < -0.39 is 6.36 Å². The van der Waals surface area contributed by atoms with E-state index in [2.05, 4.69) is 20.7 Å². The van der Waals surface area contributed by atoms with Crippen LogP contribution in [0.15, 0.2) is 22.7 Å². The summed E-state index contributed by atoms with van der Waals surface area (Å²) in [4.78, 5) is 2.05. The Kier molecular flexibility index (Phi) is 3.87. The number of hydrogen-bond donors (Lipinski definition) is 0. The zero-order chi connectivity index (χ0) is 13.3. The van der Waals surface area contributed by atoms with E-state index in [1.807, 2.05) is 11.9 Å². The van der Waals surface area contributed by atoms with Crippen molar-refractivity contribution < 1.29 is 17.9 Å². The van der Waals surface area contributed by atoms with E-state index in [4.69, 9.17) is 0 Å². The summed E-state index contributed by atoms with van der Waals surface area (Å²) in [5.41, 5.74) is 0.538. The molecule has 0 bridgehead atoms. The van der Waals surface area contributed by atoms with Crippen LogP contribution in [0.25, 0.3) is 0 Å². The van der Waals surface area contributed by atoms with Gasteiger partial charge in [0, 0.05) is 22.6 Å². The van der Waals surface area contributed by atoms with Gasteiger partial charge in [-0.05, 0) is 38.1 Å². The zero-order valence-electron chi connectivity index (χ0n) is 9.80. The molecule has 0 radical (unpaired) electrons. The van der Waals surface area contributed by atoms with Crippen LogP contribution in [0.4, 0.5) is 13.2 Å². The standard InChI is InChI=1S/C12H13BrF3NO/c1-17(10-3-4-10)7-8-6-9(13)2-5-11(8)18-12(14,15)16/h2,5-6,10H,3-4,7H2,1H3. The molecule has 0 unspecified atom stereocenters. The fraction of sp³-hybridized carbons (Fsp3) is 0.500. The van der Waals surface area contributed by atoms with Gasteiger partial charge >= 0.3 is 6.36 Å². The fourth-order valence-electron chi connectivity index (χ4n) is 1.81. The van der Waals surface area contributed by atoms with Crippen molar-refractivity contribution in [3.63, 3.8) is 0 Å². The lowest BCUT2D eigenvalue weighted by Gasteiger charge is -2.19. The molecule has 6 heteroatoms. The highest BCUT2D eigenvalue weighted by atomic mass is 79.9. The first-order valence-electron chi connectivity index (χ1n) is 5.59. The molecule has 0 heterocycles. The van der Waals surface area contributed by atoms with Gasteiger partial charge in [-0.2, -0.15) is 0 Å². The summed E-state index contributed by atoms with van der Waals surface area (Å²) in [6.45, 7) is 0.454. The molecule has 0 aliphatic heterocycles. The minimum absolute atomic E-state index is 0.127. The first-order valence-corrected chi connectivity index (χ1v) is 6.39. The lowest BCUT2D eigenvalue weighted by atomic mass is 10.2. The lowest BCUT2D eigenvalue weighted by molar-refractivity contribution is -0.275. The maximum Gasteiger partial charge on any atom is 0.573 e. The van der Waals surface area contributed by atoms with E-state index in [1.54, 1.807) is 12.1 Å². The van der Waals surface area contributed by atoms with Gasteiger partial charge < -0.3 is 4.74 Å². The van der Waals surface area contributed by atoms with Crippen LogP contribution < -0.4 is 4.74 Å². The van der Waals surface area contributed by atoms with Crippen LogP contribution >= 0.6 is 15.9 Å². The number of ether oxygens (including phenoxy) is 1. The van der Waals surface area contributed by atoms with Gasteiger partial charge in [-0.15, -0.1) is 13.2 Å². The van der Waals surface area contributed by atoms with Crippen molar-refractivity contribution >= 4 is 15.9 Å². The van der Waals surface area contributed by atoms with Gasteiger partial charge in [0.1, 0.15) is 5.75 Å². The Hall–Kier alpha value is -0.750. The Morgan fingerprint density at radius 2 is 2.06 bits per heavy atom. The van der Waals surface area contributed by atoms with Crippen molar-refractivity contribution in [2.45, 2.75) is 31.8 Å². The summed E-state index contributed by atoms with van der Waals surface area (Å²) in [7, 11) is 1.91. The Labute approximate surface area is 112 Å². The zero-order valence-corrected chi connectivity index (χ0v) is 11.4. The fourth-order valence-corrected chi connectivity index (χ4v) is 2.22. The topological polar surface area (TPSA) is 12.5 Å². The molecular weight excluding hydrogens is 311 g/mol. The monoisotopic (exact) mass is 323 g/mol. The van der Waals surface area contributed by atoms with Crippen molar-refractivity contribution in [1.82, 2.24) is 4.90 Å². The van der Waals surface area contributed by atoms with E-state index in [-0.39, 0.29) is 5.75 Å². The molecule has 0 N–H and O–H groups in total. The van der Waals surface area contributed by atoms with E-state index in [1.165, 1.54) is 6.07 Å². The van der Waals surface area contributed by atoms with Gasteiger partial charge in [-0.3, -0.25) is 4.90 Å². The molecule has 0 aromatic heterocycles. The van der Waals surface area contributed by atoms with Crippen LogP contribution in [0.1, 0.15) is 18.4 Å². The highest BCUT2D eigenvalue weighted by molar-refractivity contribution is 9.10. The van der Waals surface area contributed by atoms with Crippen molar-refractivity contribution in [3.05, 3.63) is 28.2 Å². The number of rotatable bonds is 4. The van der Waals surface area contributed by atoms with Gasteiger partial charge in [0.25, 0.3) is 0 Å². The molecule has 1 aliphatic rings. The van der Waals surface area contributed by atoms with Gasteiger partial charge in [0.05, 0.1) is 0 Å². The van der Waals surface area contributed by atoms with Crippen LogP contribution in [0.3, 0.4) is 0 Å². The molecule has 1 aliphatic carbocycles. The van der Waals surface area contributed by atoms with E-state index in [0.29, 0.717) is 18.2 Å². The molecule has 2 nitrogen and oxygen atoms in total. The summed E-state index contributed by atoms with van der Waals surface area (Å²) in [5.74, 6) is -0.127. The summed E-state index contributed by atoms with van der Waals surface area (Å²) >= 11 is 3.26. The number of alkyl halides is 3. The average Bonchev–Trinajstić information content (AvgIpc) is 3.03. The Bertz CT molecular complexity index is 432. The minimum Gasteiger partial charge on any atom is -0.405 e. The molecule has 2 rings (SSSR count). The number of benzene rings is 1. The maximum absolute atomic E-state index is 12.3. The first-order chi connectivity index (χ1) is 8.35. The van der Waals surface area contributed by atoms with Gasteiger partial charge in [0.15, 0.2) is 0 Å². The van der Waals surface area contributed by atoms with Crippen LogP contribution in [-0.2, 0) is 6.54 Å². The van der Waals surface area contributed by atoms with Gasteiger partial charge in [-0.25, -0.2) is 0 Å². The Morgan fingerprint density at radius 1 is 1.39 bits per heavy atom. The molecule has 0 spiro atoms. The summed E-state index contributed by atoms with van der Waals surface area (Å²) < 4.78 is 41.6. The van der Waals surface area contributed by atoms with Crippen LogP contribution in [0.2, 0.25) is 0 Å². The third-order valence-electron chi connectivity index (χ3n) is 2.84. The molecular formula is C12H13BrF3NO. The number of nitrogens with zero attached hydrogens (tertiary/aromatic N) is 1. The highest BCUT2D eigenvalue weighted by Gasteiger charge is 2.33. The quantitative estimate of drug-likeness (QED) is 0.832. The molecule has 1 aromatic carbocycles. The van der Waals surface area contributed by atoms with Crippen LogP contribution in [0, 0.1) is 0 Å². The molecule has 0 atom stereocenters. The van der Waals surface area contributed by atoms with Crippen molar-refractivity contribution in [1.29, 1.82) is 0 Å². The summed E-state index contributed by atoms with van der Waals surface area (Å²) in [5, 5.41) is 0. The predicted molar refractivity (Wildman–Crippen MR) is 65.3 cm³/mol. The Morgan fingerprint density at radius 3 is 2.61 bits per heavy atom. The normalized spacial score (nSPS) is 16.1. The number of hydrogen-bond acceptors (Lipinski definition) is 2. The van der Waals surface area contributed by atoms with Gasteiger partial charge in [-0.1, -0.05) is 15.9 Å². The third kappa shape index (κ3) is 3.88. The van der Waals surface area contributed by atoms with Gasteiger partial charge in [0.2, 0.25) is 0 Å². The van der Waals surface area contributed by atoms with E-state index in [0.717, 1.165) is 17.3 Å². The summed E-state index contributed by atoms with van der Waals surface area (Å²) in [6, 6.07) is 5.04. The SMILES string of the molecule is CN(Cc1cc(Br)ccc1OC(F)(F)F)C1CC1. The highest BCUT2D eigenvalue weighted by Crippen LogP contribution is 2.32. The molecule has 0 amide bonds. The largest absolute Gasteiger partial charge is 0.573 e. The molecule has 18 heavy (non-hydrogen) atoms. The molecule has 1 aromatic rings. The van der Waals surface area contributed by atoms with Crippen molar-refractivity contribution in [3.8, 4) is 5.75 Å². The molecule has 0 saturated heterocycles. The van der Waals surface area contributed by atoms with Crippen LogP contribution in [-0.4, -0.2) is 24.4 Å². The second-order valence-corrected chi connectivity index (χ2v) is 5.36. The van der Waals surface area contributed by atoms with Crippen molar-refractivity contribution in [2.24, 2.45) is 0 Å². The third-order valence-corrected chi connectivity index (χ3v) is 3.33. The first kappa shape index (κ1) is 13.7. The smallest absolute Gasteiger partial charge is 0.405 e. The van der Waals surface area contributed by atoms with Crippen molar-refractivity contribution in [2.75, 3.05) is 7.05 Å². The number of halogens is 4. The minimum atomic E-state index is -4.65. The van der Waals surface area contributed by atoms with E-state index >= 15 is 0 Å². The lowest BCUT2D eigenvalue weighted by Crippen LogP contribution is -2.22. The molecule has 1 fully saturated rings. The van der Waals surface area contributed by atoms with E-state index in [9.17, 15) is 13.2 Å². The molecule has 1 saturated carbocycles. The predicted octanol–water partition coefficient (Wildman–Crippen LogP) is 3.94. The van der Waals surface area contributed by atoms with Crippen LogP contribution in [0.5, 0.6) is 5.75 Å². The second-order valence-electron chi connectivity index (χ2n) is 4.45. The molecule has 100 valence electrons.